The number of carboxylic acids is 1. The molecule has 0 aromatic rings. The third-order valence-electron chi connectivity index (χ3n) is 5.36. The highest BCUT2D eigenvalue weighted by atomic mass is 16.6. The van der Waals surface area contributed by atoms with Crippen LogP contribution in [0.5, 0.6) is 0 Å². The molecule has 0 aromatic carbocycles. The van der Waals surface area contributed by atoms with E-state index < -0.39 is 17.5 Å². The standard InChI is InChI=1S/C23H42O4/c1-4-7-8-9-10-11-12-13-14-15-16-17-18-19-20-23(6-3,22(25)26)27-21(24)5-2/h5H,2,4,6-20H2,1,3H3,(H,25,26). The largest absolute Gasteiger partial charge is 0.478 e. The van der Waals surface area contributed by atoms with Crippen LogP contribution in [-0.2, 0) is 14.3 Å². The highest BCUT2D eigenvalue weighted by Crippen LogP contribution is 2.25. The van der Waals surface area contributed by atoms with Gasteiger partial charge in [-0.3, -0.25) is 0 Å². The molecule has 0 fully saturated rings. The number of ether oxygens (including phenoxy) is 1. The Bertz CT molecular complexity index is 405. The van der Waals surface area contributed by atoms with Crippen LogP contribution in [0, 0.1) is 0 Å². The fraction of sp³-hybridized carbons (Fsp3) is 0.826. The van der Waals surface area contributed by atoms with Gasteiger partial charge in [-0.05, 0) is 19.3 Å². The van der Waals surface area contributed by atoms with E-state index in [1.807, 2.05) is 0 Å². The Morgan fingerprint density at radius 1 is 0.815 bits per heavy atom. The van der Waals surface area contributed by atoms with Gasteiger partial charge in [-0.15, -0.1) is 0 Å². The second-order valence-electron chi connectivity index (χ2n) is 7.62. The minimum Gasteiger partial charge on any atom is -0.478 e. The van der Waals surface area contributed by atoms with Crippen LogP contribution in [0.4, 0.5) is 0 Å². The Morgan fingerprint density at radius 2 is 1.22 bits per heavy atom. The summed E-state index contributed by atoms with van der Waals surface area (Å²) in [5, 5.41) is 9.46. The molecule has 0 saturated carbocycles. The van der Waals surface area contributed by atoms with Crippen LogP contribution in [0.2, 0.25) is 0 Å². The van der Waals surface area contributed by atoms with E-state index in [4.69, 9.17) is 4.74 Å². The number of hydrogen-bond acceptors (Lipinski definition) is 3. The van der Waals surface area contributed by atoms with Gasteiger partial charge in [0, 0.05) is 6.08 Å². The number of hydrogen-bond donors (Lipinski definition) is 1. The van der Waals surface area contributed by atoms with E-state index >= 15 is 0 Å². The Balaban J connectivity index is 3.69. The second-order valence-corrected chi connectivity index (χ2v) is 7.62. The first-order valence-corrected chi connectivity index (χ1v) is 11.1. The third kappa shape index (κ3) is 12.6. The number of aliphatic carboxylic acids is 1. The van der Waals surface area contributed by atoms with Crippen LogP contribution < -0.4 is 0 Å². The number of carbonyl (C=O) groups is 2. The van der Waals surface area contributed by atoms with E-state index in [0.29, 0.717) is 6.42 Å². The summed E-state index contributed by atoms with van der Waals surface area (Å²) in [7, 11) is 0. The number of esters is 1. The molecule has 0 aliphatic heterocycles. The number of carbonyl (C=O) groups excluding carboxylic acids is 1. The summed E-state index contributed by atoms with van der Waals surface area (Å²) in [5.41, 5.74) is -1.40. The van der Waals surface area contributed by atoms with E-state index in [-0.39, 0.29) is 6.42 Å². The molecule has 0 radical (unpaired) electrons. The molecule has 0 spiro atoms. The van der Waals surface area contributed by atoms with Gasteiger partial charge in [0.25, 0.3) is 0 Å². The van der Waals surface area contributed by atoms with Crippen molar-refractivity contribution in [2.45, 2.75) is 122 Å². The molecule has 27 heavy (non-hydrogen) atoms. The van der Waals surface area contributed by atoms with Gasteiger partial charge in [0.15, 0.2) is 0 Å². The average Bonchev–Trinajstić information content (AvgIpc) is 2.66. The Hall–Kier alpha value is -1.32. The van der Waals surface area contributed by atoms with Crippen molar-refractivity contribution in [2.75, 3.05) is 0 Å². The minimum atomic E-state index is -1.40. The first-order valence-electron chi connectivity index (χ1n) is 11.1. The second kappa shape index (κ2) is 16.8. The molecule has 0 amide bonds. The zero-order chi connectivity index (χ0) is 20.4. The molecule has 0 heterocycles. The van der Waals surface area contributed by atoms with Crippen molar-refractivity contribution in [1.82, 2.24) is 0 Å². The molecule has 158 valence electrons. The molecule has 4 heteroatoms. The summed E-state index contributed by atoms with van der Waals surface area (Å²) in [6, 6.07) is 0. The summed E-state index contributed by atoms with van der Waals surface area (Å²) < 4.78 is 5.15. The van der Waals surface area contributed by atoms with Crippen molar-refractivity contribution in [3.8, 4) is 0 Å². The number of carboxylic acid groups (broad SMARTS) is 1. The number of unbranched alkanes of at least 4 members (excludes halogenated alkanes) is 13. The van der Waals surface area contributed by atoms with Crippen LogP contribution in [-0.4, -0.2) is 22.6 Å². The Kier molecular flexibility index (Phi) is 16.0. The van der Waals surface area contributed by atoms with Crippen molar-refractivity contribution in [3.63, 3.8) is 0 Å². The Labute approximate surface area is 166 Å². The van der Waals surface area contributed by atoms with Crippen LogP contribution in [0.3, 0.4) is 0 Å². The first-order chi connectivity index (χ1) is 13.0. The maximum Gasteiger partial charge on any atom is 0.348 e. The quantitative estimate of drug-likeness (QED) is 0.151. The van der Waals surface area contributed by atoms with Gasteiger partial charge in [0.05, 0.1) is 0 Å². The molecule has 1 unspecified atom stereocenters. The molecular formula is C23H42O4. The normalized spacial score (nSPS) is 13.1. The maximum absolute atomic E-state index is 11.6. The topological polar surface area (TPSA) is 63.6 Å². The summed E-state index contributed by atoms with van der Waals surface area (Å²) in [4.78, 5) is 23.0. The average molecular weight is 383 g/mol. The van der Waals surface area contributed by atoms with E-state index in [0.717, 1.165) is 25.3 Å². The molecular weight excluding hydrogens is 340 g/mol. The smallest absolute Gasteiger partial charge is 0.348 e. The minimum absolute atomic E-state index is 0.278. The van der Waals surface area contributed by atoms with E-state index in [9.17, 15) is 14.7 Å². The van der Waals surface area contributed by atoms with Gasteiger partial charge >= 0.3 is 11.9 Å². The van der Waals surface area contributed by atoms with Crippen LogP contribution >= 0.6 is 0 Å². The lowest BCUT2D eigenvalue weighted by molar-refractivity contribution is -0.177. The molecule has 1 atom stereocenters. The van der Waals surface area contributed by atoms with Crippen molar-refractivity contribution < 1.29 is 19.4 Å². The molecule has 1 N–H and O–H groups in total. The lowest BCUT2D eigenvalue weighted by Crippen LogP contribution is -2.42. The molecule has 0 rings (SSSR count). The fourth-order valence-corrected chi connectivity index (χ4v) is 3.44. The van der Waals surface area contributed by atoms with E-state index in [1.165, 1.54) is 70.6 Å². The summed E-state index contributed by atoms with van der Waals surface area (Å²) in [6.45, 7) is 7.34. The van der Waals surface area contributed by atoms with Gasteiger partial charge in [-0.2, -0.15) is 0 Å². The van der Waals surface area contributed by atoms with Crippen LogP contribution in [0.1, 0.15) is 117 Å². The van der Waals surface area contributed by atoms with Crippen molar-refractivity contribution in [1.29, 1.82) is 0 Å². The lowest BCUT2D eigenvalue weighted by Gasteiger charge is -2.27. The van der Waals surface area contributed by atoms with Gasteiger partial charge in [-0.25, -0.2) is 9.59 Å². The molecule has 4 nitrogen and oxygen atoms in total. The zero-order valence-electron chi connectivity index (χ0n) is 17.8. The molecule has 0 saturated heterocycles. The molecule has 0 bridgehead atoms. The molecule has 0 aliphatic rings. The highest BCUT2D eigenvalue weighted by molar-refractivity contribution is 5.86. The molecule has 0 aromatic heterocycles. The first kappa shape index (κ1) is 25.7. The monoisotopic (exact) mass is 382 g/mol. The highest BCUT2D eigenvalue weighted by Gasteiger charge is 2.39. The molecule has 0 aliphatic carbocycles. The summed E-state index contributed by atoms with van der Waals surface area (Å²) in [6.07, 6.45) is 19.3. The van der Waals surface area contributed by atoms with Crippen molar-refractivity contribution in [3.05, 3.63) is 12.7 Å². The van der Waals surface area contributed by atoms with Gasteiger partial charge in [0.2, 0.25) is 5.60 Å². The van der Waals surface area contributed by atoms with Crippen LogP contribution in [0.25, 0.3) is 0 Å². The van der Waals surface area contributed by atoms with Crippen molar-refractivity contribution >= 4 is 11.9 Å². The Morgan fingerprint density at radius 3 is 1.56 bits per heavy atom. The summed E-state index contributed by atoms with van der Waals surface area (Å²) in [5.74, 6) is -1.72. The number of rotatable bonds is 19. The van der Waals surface area contributed by atoms with E-state index in [1.54, 1.807) is 6.92 Å². The fourth-order valence-electron chi connectivity index (χ4n) is 3.44. The van der Waals surface area contributed by atoms with Crippen LogP contribution in [0.15, 0.2) is 12.7 Å². The SMILES string of the molecule is C=CC(=O)OC(CC)(CCCCCCCCCCCCCCCC)C(=O)O. The summed E-state index contributed by atoms with van der Waals surface area (Å²) >= 11 is 0. The van der Waals surface area contributed by atoms with Gasteiger partial charge in [-0.1, -0.05) is 104 Å². The zero-order valence-corrected chi connectivity index (χ0v) is 17.8. The van der Waals surface area contributed by atoms with Gasteiger partial charge < -0.3 is 9.84 Å². The predicted octanol–water partition coefficient (Wildman–Crippen LogP) is 6.82. The van der Waals surface area contributed by atoms with Gasteiger partial charge in [0.1, 0.15) is 0 Å². The third-order valence-corrected chi connectivity index (χ3v) is 5.36. The van der Waals surface area contributed by atoms with Crippen molar-refractivity contribution in [2.24, 2.45) is 0 Å². The lowest BCUT2D eigenvalue weighted by atomic mass is 9.92. The maximum atomic E-state index is 11.6. The predicted molar refractivity (Wildman–Crippen MR) is 112 cm³/mol. The van der Waals surface area contributed by atoms with E-state index in [2.05, 4.69) is 13.5 Å².